The summed E-state index contributed by atoms with van der Waals surface area (Å²) in [6.45, 7) is 2.20. The van der Waals surface area contributed by atoms with E-state index in [4.69, 9.17) is 5.11 Å². The van der Waals surface area contributed by atoms with Crippen molar-refractivity contribution in [3.63, 3.8) is 0 Å². The first-order valence-corrected chi connectivity index (χ1v) is 6.48. The number of imidazole rings is 1. The van der Waals surface area contributed by atoms with Crippen LogP contribution in [0.4, 0.5) is 0 Å². The molecule has 0 aliphatic heterocycles. The van der Waals surface area contributed by atoms with Crippen molar-refractivity contribution >= 4 is 22.9 Å². The van der Waals surface area contributed by atoms with Gasteiger partial charge in [0.25, 0.3) is 0 Å². The molecular formula is C14H15N3O3. The molecule has 6 heteroatoms. The molecule has 20 heavy (non-hydrogen) atoms. The Bertz CT molecular complexity index is 701. The molecule has 1 saturated carbocycles. The first-order valence-electron chi connectivity index (χ1n) is 6.48. The highest BCUT2D eigenvalue weighted by Gasteiger charge is 2.56. The number of aromatic nitrogens is 2. The van der Waals surface area contributed by atoms with Crippen molar-refractivity contribution in [3.8, 4) is 0 Å². The van der Waals surface area contributed by atoms with Gasteiger partial charge in [-0.15, -0.1) is 0 Å². The number of carboxylic acids is 1. The lowest BCUT2D eigenvalue weighted by atomic mass is 10.1. The van der Waals surface area contributed by atoms with Crippen LogP contribution in [0.2, 0.25) is 0 Å². The minimum atomic E-state index is -1.21. The van der Waals surface area contributed by atoms with Crippen LogP contribution in [-0.4, -0.2) is 27.0 Å². The van der Waals surface area contributed by atoms with Gasteiger partial charge in [0.2, 0.25) is 5.91 Å². The average molecular weight is 273 g/mol. The van der Waals surface area contributed by atoms with Gasteiger partial charge in [-0.25, -0.2) is 4.98 Å². The molecule has 6 nitrogen and oxygen atoms in total. The Labute approximate surface area is 115 Å². The summed E-state index contributed by atoms with van der Waals surface area (Å²) in [6.07, 6.45) is 0.820. The van der Waals surface area contributed by atoms with Crippen molar-refractivity contribution in [2.45, 2.75) is 26.3 Å². The number of hydrogen-bond donors (Lipinski definition) is 3. The number of benzene rings is 1. The predicted octanol–water partition coefficient (Wildman–Crippen LogP) is 1.35. The summed E-state index contributed by atoms with van der Waals surface area (Å²) in [4.78, 5) is 30.4. The second-order valence-corrected chi connectivity index (χ2v) is 5.27. The second-order valence-electron chi connectivity index (χ2n) is 5.27. The molecule has 0 bridgehead atoms. The van der Waals surface area contributed by atoms with Crippen molar-refractivity contribution in [2.24, 2.45) is 5.41 Å². The molecule has 3 N–H and O–H groups in total. The van der Waals surface area contributed by atoms with Crippen molar-refractivity contribution in [3.05, 3.63) is 29.6 Å². The molecule has 0 saturated heterocycles. The maximum Gasteiger partial charge on any atom is 0.319 e. The topological polar surface area (TPSA) is 95.1 Å². The van der Waals surface area contributed by atoms with E-state index in [2.05, 4.69) is 15.3 Å². The van der Waals surface area contributed by atoms with E-state index >= 15 is 0 Å². The number of rotatable bonds is 4. The Kier molecular flexibility index (Phi) is 2.74. The number of fused-ring (bicyclic) bond motifs is 1. The van der Waals surface area contributed by atoms with Gasteiger partial charge in [-0.1, -0.05) is 6.07 Å². The number of nitrogens with one attached hydrogen (secondary N) is 2. The number of carbonyl (C=O) groups excluding carboxylic acids is 1. The van der Waals surface area contributed by atoms with Gasteiger partial charge in [-0.3, -0.25) is 9.59 Å². The predicted molar refractivity (Wildman–Crippen MR) is 72.0 cm³/mol. The number of hydrogen-bond acceptors (Lipinski definition) is 3. The maximum atomic E-state index is 11.9. The molecule has 1 aromatic heterocycles. The zero-order chi connectivity index (χ0) is 14.3. The summed E-state index contributed by atoms with van der Waals surface area (Å²) < 4.78 is 0. The van der Waals surface area contributed by atoms with Crippen LogP contribution < -0.4 is 5.32 Å². The molecule has 1 heterocycles. The SMILES string of the molecule is Cc1ccc2nc(CNC(=O)C3(C(=O)O)CC3)[nH]c2c1. The normalized spacial score (nSPS) is 16.1. The molecule has 104 valence electrons. The molecule has 0 unspecified atom stereocenters. The van der Waals surface area contributed by atoms with E-state index in [0.29, 0.717) is 18.7 Å². The highest BCUT2D eigenvalue weighted by atomic mass is 16.4. The molecule has 2 aromatic rings. The van der Waals surface area contributed by atoms with Crippen LogP contribution in [0.3, 0.4) is 0 Å². The molecule has 0 atom stereocenters. The quantitative estimate of drug-likeness (QED) is 0.733. The number of aromatic amines is 1. The zero-order valence-corrected chi connectivity index (χ0v) is 11.1. The van der Waals surface area contributed by atoms with Crippen LogP contribution in [0.1, 0.15) is 24.2 Å². The smallest absolute Gasteiger partial charge is 0.319 e. The maximum absolute atomic E-state index is 11.9. The Hall–Kier alpha value is -2.37. The van der Waals surface area contributed by atoms with E-state index in [-0.39, 0.29) is 6.54 Å². The molecule has 1 amide bonds. The lowest BCUT2D eigenvalue weighted by molar-refractivity contribution is -0.149. The van der Waals surface area contributed by atoms with Crippen LogP contribution >= 0.6 is 0 Å². The standard InChI is InChI=1S/C14H15N3O3/c1-8-2-3-9-10(6-8)17-11(16-9)7-15-12(18)14(4-5-14)13(19)20/h2-3,6H,4-5,7H2,1H3,(H,15,18)(H,16,17)(H,19,20). The Morgan fingerprint density at radius 3 is 2.85 bits per heavy atom. The number of aliphatic carboxylic acids is 1. The van der Waals surface area contributed by atoms with Crippen molar-refractivity contribution < 1.29 is 14.7 Å². The van der Waals surface area contributed by atoms with E-state index in [1.807, 2.05) is 25.1 Å². The molecule has 3 rings (SSSR count). The molecule has 0 radical (unpaired) electrons. The van der Waals surface area contributed by atoms with Crippen LogP contribution in [0.25, 0.3) is 11.0 Å². The van der Waals surface area contributed by atoms with Gasteiger partial charge < -0.3 is 15.4 Å². The molecule has 1 aromatic carbocycles. The summed E-state index contributed by atoms with van der Waals surface area (Å²) in [5, 5.41) is 11.7. The largest absolute Gasteiger partial charge is 0.480 e. The summed E-state index contributed by atoms with van der Waals surface area (Å²) in [5.41, 5.74) is 1.66. The molecule has 1 fully saturated rings. The van der Waals surface area contributed by atoms with Gasteiger partial charge in [0.15, 0.2) is 0 Å². The fourth-order valence-electron chi connectivity index (χ4n) is 2.26. The summed E-state index contributed by atoms with van der Waals surface area (Å²) in [7, 11) is 0. The van der Waals surface area contributed by atoms with Crippen LogP contribution in [0, 0.1) is 12.3 Å². The third kappa shape index (κ3) is 2.03. The molecule has 1 aliphatic rings. The summed E-state index contributed by atoms with van der Waals surface area (Å²) >= 11 is 0. The fraction of sp³-hybridized carbons (Fsp3) is 0.357. The first-order chi connectivity index (χ1) is 9.51. The zero-order valence-electron chi connectivity index (χ0n) is 11.1. The van der Waals surface area contributed by atoms with Gasteiger partial charge in [-0.2, -0.15) is 0 Å². The van der Waals surface area contributed by atoms with E-state index in [1.54, 1.807) is 0 Å². The highest BCUT2D eigenvalue weighted by molar-refractivity contribution is 6.04. The van der Waals surface area contributed by atoms with Crippen LogP contribution in [0.5, 0.6) is 0 Å². The first kappa shape index (κ1) is 12.7. The number of H-pyrrole nitrogens is 1. The fourth-order valence-corrected chi connectivity index (χ4v) is 2.26. The Morgan fingerprint density at radius 2 is 2.20 bits per heavy atom. The van der Waals surface area contributed by atoms with E-state index in [9.17, 15) is 9.59 Å². The third-order valence-electron chi connectivity index (χ3n) is 3.70. The second kappa shape index (κ2) is 4.33. The van der Waals surface area contributed by atoms with E-state index in [1.165, 1.54) is 0 Å². The van der Waals surface area contributed by atoms with Crippen molar-refractivity contribution in [1.82, 2.24) is 15.3 Å². The van der Waals surface area contributed by atoms with Crippen LogP contribution in [-0.2, 0) is 16.1 Å². The summed E-state index contributed by atoms with van der Waals surface area (Å²) in [6, 6.07) is 5.86. The van der Waals surface area contributed by atoms with Gasteiger partial charge in [-0.05, 0) is 37.5 Å². The number of nitrogens with zero attached hydrogens (tertiary/aromatic N) is 1. The summed E-state index contributed by atoms with van der Waals surface area (Å²) in [5.74, 6) is -0.850. The number of carbonyl (C=O) groups is 2. The number of carboxylic acid groups (broad SMARTS) is 1. The highest BCUT2D eigenvalue weighted by Crippen LogP contribution is 2.46. The molecule has 1 aliphatic carbocycles. The Morgan fingerprint density at radius 1 is 1.45 bits per heavy atom. The van der Waals surface area contributed by atoms with Gasteiger partial charge in [0.05, 0.1) is 17.6 Å². The van der Waals surface area contributed by atoms with E-state index < -0.39 is 17.3 Å². The minimum Gasteiger partial charge on any atom is -0.480 e. The Balaban J connectivity index is 1.71. The average Bonchev–Trinajstić information content (AvgIpc) is 3.12. The monoisotopic (exact) mass is 273 g/mol. The van der Waals surface area contributed by atoms with E-state index in [0.717, 1.165) is 16.6 Å². The molecule has 0 spiro atoms. The van der Waals surface area contributed by atoms with Gasteiger partial charge in [0.1, 0.15) is 11.2 Å². The minimum absolute atomic E-state index is 0.210. The van der Waals surface area contributed by atoms with Gasteiger partial charge >= 0.3 is 5.97 Å². The van der Waals surface area contributed by atoms with Crippen LogP contribution in [0.15, 0.2) is 18.2 Å². The number of amides is 1. The number of aryl methyl sites for hydroxylation is 1. The van der Waals surface area contributed by atoms with Crippen molar-refractivity contribution in [2.75, 3.05) is 0 Å². The van der Waals surface area contributed by atoms with Crippen molar-refractivity contribution in [1.29, 1.82) is 0 Å². The van der Waals surface area contributed by atoms with Gasteiger partial charge in [0, 0.05) is 0 Å². The lowest BCUT2D eigenvalue weighted by Crippen LogP contribution is -2.36. The third-order valence-corrected chi connectivity index (χ3v) is 3.70. The molecular weight excluding hydrogens is 258 g/mol. The lowest BCUT2D eigenvalue weighted by Gasteiger charge is -2.09.